The Morgan fingerprint density at radius 3 is 2.93 bits per heavy atom. The maximum Gasteiger partial charge on any atom is 0.157 e. The lowest BCUT2D eigenvalue weighted by Crippen LogP contribution is -2.09. The van der Waals surface area contributed by atoms with Crippen molar-refractivity contribution < 1.29 is 4.74 Å². The van der Waals surface area contributed by atoms with Crippen LogP contribution < -0.4 is 5.32 Å². The highest BCUT2D eigenvalue weighted by Gasteiger charge is 2.18. The third-order valence-electron chi connectivity index (χ3n) is 2.69. The van der Waals surface area contributed by atoms with Gasteiger partial charge in [0.1, 0.15) is 6.10 Å². The molecule has 0 aromatic carbocycles. The van der Waals surface area contributed by atoms with Crippen molar-refractivity contribution in [3.8, 4) is 0 Å². The molecule has 0 aliphatic carbocycles. The largest absolute Gasteiger partial charge is 0.371 e. The van der Waals surface area contributed by atoms with Gasteiger partial charge in [-0.25, -0.2) is 9.97 Å². The number of nitrogens with zero attached hydrogens (tertiary/aromatic N) is 2. The van der Waals surface area contributed by atoms with Gasteiger partial charge in [-0.05, 0) is 20.8 Å². The lowest BCUT2D eigenvalue weighted by atomic mass is 10.2. The highest BCUT2D eigenvalue weighted by atomic mass is 16.5. The van der Waals surface area contributed by atoms with Gasteiger partial charge in [0.2, 0.25) is 0 Å². The Bertz CT molecular complexity index is 365. The van der Waals surface area contributed by atoms with Crippen molar-refractivity contribution in [2.45, 2.75) is 40.0 Å². The predicted octanol–water partition coefficient (Wildman–Crippen LogP) is 1.49. The van der Waals surface area contributed by atoms with Crippen molar-refractivity contribution in [1.29, 1.82) is 0 Å². The van der Waals surface area contributed by atoms with Crippen molar-refractivity contribution >= 4 is 0 Å². The van der Waals surface area contributed by atoms with E-state index in [1.807, 2.05) is 20.8 Å². The van der Waals surface area contributed by atoms with Crippen molar-refractivity contribution in [2.24, 2.45) is 0 Å². The van der Waals surface area contributed by atoms with Crippen LogP contribution >= 0.6 is 0 Å². The maximum absolute atomic E-state index is 5.50. The molecule has 2 heterocycles. The van der Waals surface area contributed by atoms with Crippen LogP contribution in [0.2, 0.25) is 0 Å². The van der Waals surface area contributed by atoms with Gasteiger partial charge >= 0.3 is 0 Å². The molecule has 0 saturated heterocycles. The summed E-state index contributed by atoms with van der Waals surface area (Å²) >= 11 is 0. The second-order valence-electron chi connectivity index (χ2n) is 3.79. The average Bonchev–Trinajstić information content (AvgIpc) is 2.66. The quantitative estimate of drug-likeness (QED) is 0.815. The number of aryl methyl sites for hydroxylation is 1. The molecular weight excluding hydrogens is 190 g/mol. The molecule has 82 valence electrons. The zero-order valence-corrected chi connectivity index (χ0v) is 9.50. The molecule has 1 aromatic heterocycles. The number of hydrogen-bond acceptors (Lipinski definition) is 4. The van der Waals surface area contributed by atoms with Gasteiger partial charge in [-0.15, -0.1) is 0 Å². The van der Waals surface area contributed by atoms with E-state index in [9.17, 15) is 0 Å². The Morgan fingerprint density at radius 1 is 1.40 bits per heavy atom. The lowest BCUT2D eigenvalue weighted by Gasteiger charge is -2.12. The number of ether oxygens (including phenoxy) is 1. The molecule has 2 rings (SSSR count). The minimum Gasteiger partial charge on any atom is -0.371 e. The van der Waals surface area contributed by atoms with E-state index in [2.05, 4.69) is 15.3 Å². The number of nitrogens with one attached hydrogen (secondary N) is 1. The first-order valence-electron chi connectivity index (χ1n) is 5.41. The molecule has 0 saturated carbocycles. The highest BCUT2D eigenvalue weighted by Crippen LogP contribution is 2.20. The first kappa shape index (κ1) is 10.5. The van der Waals surface area contributed by atoms with Gasteiger partial charge in [-0.1, -0.05) is 0 Å². The van der Waals surface area contributed by atoms with Crippen molar-refractivity contribution in [3.05, 3.63) is 22.8 Å². The Hall–Kier alpha value is -1.00. The molecule has 4 heteroatoms. The van der Waals surface area contributed by atoms with Gasteiger partial charge in [-0.3, -0.25) is 0 Å². The molecule has 1 unspecified atom stereocenters. The SMILES string of the molecule is CCOC(C)c1nc(C)c2c(n1)CNC2. The summed E-state index contributed by atoms with van der Waals surface area (Å²) in [5, 5.41) is 3.28. The van der Waals surface area contributed by atoms with Crippen LogP contribution in [0.25, 0.3) is 0 Å². The topological polar surface area (TPSA) is 47.0 Å². The second kappa shape index (κ2) is 4.24. The molecule has 1 aliphatic rings. The van der Waals surface area contributed by atoms with E-state index in [-0.39, 0.29) is 6.10 Å². The Morgan fingerprint density at radius 2 is 2.20 bits per heavy atom. The van der Waals surface area contributed by atoms with Crippen LogP contribution in [0.4, 0.5) is 0 Å². The summed E-state index contributed by atoms with van der Waals surface area (Å²) in [7, 11) is 0. The standard InChI is InChI=1S/C11H17N3O/c1-4-15-8(3)11-13-7(2)9-5-12-6-10(9)14-11/h8,12H,4-6H2,1-3H3. The van der Waals surface area contributed by atoms with E-state index in [4.69, 9.17) is 4.74 Å². The fourth-order valence-electron chi connectivity index (χ4n) is 1.87. The molecule has 4 nitrogen and oxygen atoms in total. The summed E-state index contributed by atoms with van der Waals surface area (Å²) in [6, 6.07) is 0. The van der Waals surface area contributed by atoms with Gasteiger partial charge in [0, 0.05) is 31.0 Å². The normalized spacial score (nSPS) is 16.5. The van der Waals surface area contributed by atoms with Gasteiger partial charge in [-0.2, -0.15) is 0 Å². The third kappa shape index (κ3) is 2.01. The molecule has 0 fully saturated rings. The van der Waals surface area contributed by atoms with E-state index in [0.29, 0.717) is 6.61 Å². The van der Waals surface area contributed by atoms with E-state index in [1.165, 1.54) is 5.56 Å². The molecule has 0 amide bonds. The Labute approximate surface area is 90.1 Å². The summed E-state index contributed by atoms with van der Waals surface area (Å²) in [6.07, 6.45) is -0.0143. The van der Waals surface area contributed by atoms with Crippen LogP contribution in [0, 0.1) is 6.92 Å². The molecule has 0 bridgehead atoms. The Balaban J connectivity index is 2.30. The zero-order chi connectivity index (χ0) is 10.8. The van der Waals surface area contributed by atoms with Crippen molar-refractivity contribution in [2.75, 3.05) is 6.61 Å². The van der Waals surface area contributed by atoms with Gasteiger partial charge in [0.25, 0.3) is 0 Å². The van der Waals surface area contributed by atoms with Gasteiger partial charge in [0.15, 0.2) is 5.82 Å². The summed E-state index contributed by atoms with van der Waals surface area (Å²) in [4.78, 5) is 9.02. The fraction of sp³-hybridized carbons (Fsp3) is 0.636. The second-order valence-corrected chi connectivity index (χ2v) is 3.79. The van der Waals surface area contributed by atoms with Gasteiger partial charge in [0.05, 0.1) is 5.69 Å². The predicted molar refractivity (Wildman–Crippen MR) is 57.4 cm³/mol. The molecule has 0 spiro atoms. The first-order valence-corrected chi connectivity index (χ1v) is 5.41. The van der Waals surface area contributed by atoms with Crippen LogP contribution in [-0.2, 0) is 17.8 Å². The van der Waals surface area contributed by atoms with Crippen molar-refractivity contribution in [3.63, 3.8) is 0 Å². The van der Waals surface area contributed by atoms with E-state index in [1.54, 1.807) is 0 Å². The molecular formula is C11H17N3O. The summed E-state index contributed by atoms with van der Waals surface area (Å²) in [5.74, 6) is 0.803. The molecule has 0 radical (unpaired) electrons. The van der Waals surface area contributed by atoms with Crippen molar-refractivity contribution in [1.82, 2.24) is 15.3 Å². The summed E-state index contributed by atoms with van der Waals surface area (Å²) < 4.78 is 5.50. The number of fused-ring (bicyclic) bond motifs is 1. The zero-order valence-electron chi connectivity index (χ0n) is 9.50. The molecule has 1 aliphatic heterocycles. The van der Waals surface area contributed by atoms with Crippen LogP contribution in [0.15, 0.2) is 0 Å². The van der Waals surface area contributed by atoms with Crippen LogP contribution in [0.3, 0.4) is 0 Å². The van der Waals surface area contributed by atoms with Gasteiger partial charge < -0.3 is 10.1 Å². The third-order valence-corrected chi connectivity index (χ3v) is 2.69. The minimum absolute atomic E-state index is 0.0143. The summed E-state index contributed by atoms with van der Waals surface area (Å²) in [6.45, 7) is 8.45. The Kier molecular flexibility index (Phi) is 2.98. The number of aromatic nitrogens is 2. The minimum atomic E-state index is -0.0143. The lowest BCUT2D eigenvalue weighted by molar-refractivity contribution is 0.0697. The van der Waals surface area contributed by atoms with E-state index in [0.717, 1.165) is 30.3 Å². The highest BCUT2D eigenvalue weighted by molar-refractivity contribution is 5.28. The van der Waals surface area contributed by atoms with Crippen LogP contribution in [-0.4, -0.2) is 16.6 Å². The smallest absolute Gasteiger partial charge is 0.157 e. The van der Waals surface area contributed by atoms with E-state index < -0.39 is 0 Å². The van der Waals surface area contributed by atoms with Crippen LogP contribution in [0.1, 0.15) is 42.7 Å². The monoisotopic (exact) mass is 207 g/mol. The molecule has 1 aromatic rings. The number of rotatable bonds is 3. The molecule has 15 heavy (non-hydrogen) atoms. The molecule has 1 atom stereocenters. The first-order chi connectivity index (χ1) is 7.22. The molecule has 1 N–H and O–H groups in total. The summed E-state index contributed by atoms with van der Waals surface area (Å²) in [5.41, 5.74) is 3.46. The fourth-order valence-corrected chi connectivity index (χ4v) is 1.87. The average molecular weight is 207 g/mol. The maximum atomic E-state index is 5.50. The number of hydrogen-bond donors (Lipinski definition) is 1. The van der Waals surface area contributed by atoms with Crippen LogP contribution in [0.5, 0.6) is 0 Å². The van der Waals surface area contributed by atoms with E-state index >= 15 is 0 Å².